The molecule has 23 heavy (non-hydrogen) atoms. The number of carbonyl (C=O) groups excluding carboxylic acids is 1. The molecular formula is C18H16O5. The van der Waals surface area contributed by atoms with Crippen LogP contribution in [-0.2, 0) is 11.2 Å². The molecule has 1 aromatic heterocycles. The minimum absolute atomic E-state index is 0.117. The normalized spacial score (nSPS) is 10.5. The van der Waals surface area contributed by atoms with Gasteiger partial charge < -0.3 is 18.6 Å². The number of fused-ring (bicyclic) bond motifs is 1. The lowest BCUT2D eigenvalue weighted by molar-refractivity contribution is -0.133. The largest absolute Gasteiger partial charge is 0.497 e. The second kappa shape index (κ2) is 6.44. The lowest BCUT2D eigenvalue weighted by Crippen LogP contribution is -2.10. The Kier molecular flexibility index (Phi) is 4.19. The van der Waals surface area contributed by atoms with Crippen LogP contribution in [-0.4, -0.2) is 20.2 Å². The first-order chi connectivity index (χ1) is 11.2. The number of benzene rings is 2. The number of rotatable bonds is 5. The summed E-state index contributed by atoms with van der Waals surface area (Å²) in [5.74, 6) is 1.53. The van der Waals surface area contributed by atoms with Crippen LogP contribution >= 0.6 is 0 Å². The molecule has 3 aromatic rings. The summed E-state index contributed by atoms with van der Waals surface area (Å²) in [6.07, 6.45) is 1.69. The molecule has 5 heteroatoms. The van der Waals surface area contributed by atoms with Gasteiger partial charge in [-0.05, 0) is 42.5 Å². The molecule has 0 N–H and O–H groups in total. The van der Waals surface area contributed by atoms with Crippen molar-refractivity contribution in [3.05, 3.63) is 54.3 Å². The quantitative estimate of drug-likeness (QED) is 0.532. The summed E-state index contributed by atoms with van der Waals surface area (Å²) in [5, 5.41) is 0.844. The molecule has 118 valence electrons. The molecule has 0 aliphatic heterocycles. The molecule has 1 heterocycles. The monoisotopic (exact) mass is 312 g/mol. The molecule has 0 fully saturated rings. The molecule has 3 rings (SSSR count). The predicted molar refractivity (Wildman–Crippen MR) is 85.1 cm³/mol. The van der Waals surface area contributed by atoms with Gasteiger partial charge in [-0.15, -0.1) is 0 Å². The van der Waals surface area contributed by atoms with Gasteiger partial charge in [-0.3, -0.25) is 4.79 Å². The van der Waals surface area contributed by atoms with Crippen molar-refractivity contribution in [2.75, 3.05) is 14.2 Å². The molecule has 0 saturated heterocycles. The molecule has 0 bridgehead atoms. The summed E-state index contributed by atoms with van der Waals surface area (Å²) in [6.45, 7) is 0. The van der Waals surface area contributed by atoms with Crippen molar-refractivity contribution in [2.24, 2.45) is 0 Å². The maximum absolute atomic E-state index is 12.1. The first-order valence-corrected chi connectivity index (χ1v) is 7.08. The molecule has 0 aliphatic rings. The first kappa shape index (κ1) is 15.0. The van der Waals surface area contributed by atoms with Gasteiger partial charge in [0.25, 0.3) is 0 Å². The van der Waals surface area contributed by atoms with E-state index < -0.39 is 0 Å². The molecule has 0 radical (unpaired) electrons. The van der Waals surface area contributed by atoms with E-state index >= 15 is 0 Å². The minimum Gasteiger partial charge on any atom is -0.497 e. The van der Waals surface area contributed by atoms with Crippen LogP contribution in [0.25, 0.3) is 11.0 Å². The number of esters is 1. The summed E-state index contributed by atoms with van der Waals surface area (Å²) in [4.78, 5) is 12.1. The average Bonchev–Trinajstić information content (AvgIpc) is 2.97. The van der Waals surface area contributed by atoms with Crippen molar-refractivity contribution in [1.29, 1.82) is 0 Å². The lowest BCUT2D eigenvalue weighted by atomic mass is 10.1. The molecule has 0 amide bonds. The van der Waals surface area contributed by atoms with Crippen LogP contribution < -0.4 is 14.2 Å². The smallest absolute Gasteiger partial charge is 0.315 e. The highest BCUT2D eigenvalue weighted by atomic mass is 16.5. The Balaban J connectivity index is 1.74. The number of hydrogen-bond donors (Lipinski definition) is 0. The van der Waals surface area contributed by atoms with Crippen LogP contribution in [0.5, 0.6) is 17.2 Å². The van der Waals surface area contributed by atoms with Crippen molar-refractivity contribution >= 4 is 16.9 Å². The standard InChI is InChI=1S/C18H16O5/c1-20-13-3-5-14(6-4-13)23-18(19)9-12-11-22-17-8-7-15(21-2)10-16(12)17/h3-8,10-11H,9H2,1-2H3. The van der Waals surface area contributed by atoms with Gasteiger partial charge in [0.05, 0.1) is 26.9 Å². The predicted octanol–water partition coefficient (Wildman–Crippen LogP) is 3.60. The Bertz CT molecular complexity index is 817. The third-order valence-electron chi connectivity index (χ3n) is 3.49. The molecule has 0 aliphatic carbocycles. The van der Waals surface area contributed by atoms with E-state index in [-0.39, 0.29) is 12.4 Å². The van der Waals surface area contributed by atoms with Crippen molar-refractivity contribution in [3.8, 4) is 17.2 Å². The van der Waals surface area contributed by atoms with E-state index in [1.54, 1.807) is 44.7 Å². The Hall–Kier alpha value is -2.95. The maximum Gasteiger partial charge on any atom is 0.315 e. The highest BCUT2D eigenvalue weighted by molar-refractivity contribution is 5.87. The van der Waals surface area contributed by atoms with Crippen LogP contribution in [0, 0.1) is 0 Å². The first-order valence-electron chi connectivity index (χ1n) is 7.08. The Labute approximate surface area is 133 Å². The molecule has 5 nitrogen and oxygen atoms in total. The maximum atomic E-state index is 12.1. The second-order valence-electron chi connectivity index (χ2n) is 4.95. The fourth-order valence-corrected chi connectivity index (χ4v) is 2.29. The summed E-state index contributed by atoms with van der Waals surface area (Å²) < 4.78 is 21.0. The van der Waals surface area contributed by atoms with Gasteiger partial charge in [0.15, 0.2) is 0 Å². The highest BCUT2D eigenvalue weighted by Crippen LogP contribution is 2.26. The fourth-order valence-electron chi connectivity index (χ4n) is 2.29. The number of furan rings is 1. The third kappa shape index (κ3) is 3.29. The van der Waals surface area contributed by atoms with Gasteiger partial charge in [-0.2, -0.15) is 0 Å². The fraction of sp³-hybridized carbons (Fsp3) is 0.167. The van der Waals surface area contributed by atoms with Crippen LogP contribution in [0.3, 0.4) is 0 Å². The molecule has 0 saturated carbocycles. The Morgan fingerprint density at radius 3 is 2.30 bits per heavy atom. The SMILES string of the molecule is COc1ccc(OC(=O)Cc2coc3ccc(OC)cc23)cc1. The van der Waals surface area contributed by atoms with Crippen LogP contribution in [0.2, 0.25) is 0 Å². The summed E-state index contributed by atoms with van der Waals surface area (Å²) in [5.41, 5.74) is 1.47. The molecule has 0 unspecified atom stereocenters. The van der Waals surface area contributed by atoms with Gasteiger partial charge in [0.2, 0.25) is 0 Å². The van der Waals surface area contributed by atoms with Crippen LogP contribution in [0.4, 0.5) is 0 Å². The van der Waals surface area contributed by atoms with Crippen molar-refractivity contribution in [1.82, 2.24) is 0 Å². The third-order valence-corrected chi connectivity index (χ3v) is 3.49. The van der Waals surface area contributed by atoms with E-state index in [0.717, 1.165) is 10.9 Å². The Morgan fingerprint density at radius 1 is 0.957 bits per heavy atom. The zero-order valence-electron chi connectivity index (χ0n) is 12.9. The zero-order valence-corrected chi connectivity index (χ0v) is 12.9. The number of methoxy groups -OCH3 is 2. The van der Waals surface area contributed by atoms with Crippen LogP contribution in [0.1, 0.15) is 5.56 Å². The zero-order chi connectivity index (χ0) is 16.2. The van der Waals surface area contributed by atoms with E-state index in [1.807, 2.05) is 18.2 Å². The van der Waals surface area contributed by atoms with Crippen molar-refractivity contribution in [2.45, 2.75) is 6.42 Å². The Morgan fingerprint density at radius 2 is 1.61 bits per heavy atom. The average molecular weight is 312 g/mol. The van der Waals surface area contributed by atoms with Gasteiger partial charge in [0.1, 0.15) is 22.8 Å². The van der Waals surface area contributed by atoms with Gasteiger partial charge >= 0.3 is 5.97 Å². The molecule has 2 aromatic carbocycles. The summed E-state index contributed by atoms with van der Waals surface area (Å²) in [7, 11) is 3.18. The van der Waals surface area contributed by atoms with E-state index in [4.69, 9.17) is 18.6 Å². The molecule has 0 atom stereocenters. The number of ether oxygens (including phenoxy) is 3. The lowest BCUT2D eigenvalue weighted by Gasteiger charge is -2.05. The topological polar surface area (TPSA) is 57.9 Å². The van der Waals surface area contributed by atoms with Gasteiger partial charge in [-0.1, -0.05) is 0 Å². The van der Waals surface area contributed by atoms with Crippen molar-refractivity contribution < 1.29 is 23.4 Å². The number of carbonyl (C=O) groups is 1. The second-order valence-corrected chi connectivity index (χ2v) is 4.95. The van der Waals surface area contributed by atoms with E-state index in [2.05, 4.69) is 0 Å². The van der Waals surface area contributed by atoms with Crippen molar-refractivity contribution in [3.63, 3.8) is 0 Å². The molecule has 0 spiro atoms. The highest BCUT2D eigenvalue weighted by Gasteiger charge is 2.13. The minimum atomic E-state index is -0.360. The van der Waals surface area contributed by atoms with Gasteiger partial charge in [-0.25, -0.2) is 0 Å². The molecular weight excluding hydrogens is 296 g/mol. The van der Waals surface area contributed by atoms with E-state index in [0.29, 0.717) is 22.8 Å². The van der Waals surface area contributed by atoms with E-state index in [1.165, 1.54) is 0 Å². The summed E-state index contributed by atoms with van der Waals surface area (Å²) in [6, 6.07) is 12.3. The van der Waals surface area contributed by atoms with Crippen LogP contribution in [0.15, 0.2) is 53.1 Å². The number of hydrogen-bond acceptors (Lipinski definition) is 5. The van der Waals surface area contributed by atoms with E-state index in [9.17, 15) is 4.79 Å². The van der Waals surface area contributed by atoms with Gasteiger partial charge in [0, 0.05) is 10.9 Å². The summed E-state index contributed by atoms with van der Waals surface area (Å²) >= 11 is 0.